The molecule has 2 heterocycles. The Morgan fingerprint density at radius 3 is 2.56 bits per heavy atom. The first-order valence-corrected chi connectivity index (χ1v) is 6.70. The van der Waals surface area contributed by atoms with Gasteiger partial charge in [-0.3, -0.25) is 4.98 Å². The zero-order valence-corrected chi connectivity index (χ0v) is 12.3. The first-order valence-electron chi connectivity index (χ1n) is 5.90. The van der Waals surface area contributed by atoms with Crippen LogP contribution in [-0.4, -0.2) is 19.9 Å². The van der Waals surface area contributed by atoms with E-state index in [1.165, 1.54) is 0 Å². The van der Waals surface area contributed by atoms with E-state index in [1.54, 1.807) is 6.20 Å². The zero-order chi connectivity index (χ0) is 13.3. The summed E-state index contributed by atoms with van der Waals surface area (Å²) in [6.07, 6.45) is 1.91. The number of nitrogens with zero attached hydrogens (tertiary/aromatic N) is 3. The van der Waals surface area contributed by atoms with Crippen molar-refractivity contribution in [2.75, 3.05) is 0 Å². The Bertz CT molecular complexity index is 548. The third-order valence-corrected chi connectivity index (χ3v) is 4.09. The smallest absolute Gasteiger partial charge is 0.0957 e. The van der Waals surface area contributed by atoms with Crippen LogP contribution in [-0.2, 0) is 0 Å². The van der Waals surface area contributed by atoms with Gasteiger partial charge in [0.2, 0.25) is 0 Å². The summed E-state index contributed by atoms with van der Waals surface area (Å²) >= 11 is 3.50. The Hall–Kier alpha value is -1.20. The van der Waals surface area contributed by atoms with Gasteiger partial charge in [0.25, 0.3) is 0 Å². The lowest BCUT2D eigenvalue weighted by molar-refractivity contribution is 0.169. The maximum absolute atomic E-state index is 9.70. The van der Waals surface area contributed by atoms with Gasteiger partial charge >= 0.3 is 0 Å². The van der Waals surface area contributed by atoms with Gasteiger partial charge in [0.05, 0.1) is 39.5 Å². The van der Waals surface area contributed by atoms with Gasteiger partial charge in [-0.05, 0) is 48.3 Å². The number of aliphatic hydroxyl groups excluding tert-OH is 1. The van der Waals surface area contributed by atoms with Crippen molar-refractivity contribution >= 4 is 15.9 Å². The fourth-order valence-corrected chi connectivity index (χ4v) is 2.05. The summed E-state index contributed by atoms with van der Waals surface area (Å²) in [5.74, 6) is 0. The molecule has 0 fully saturated rings. The molecule has 0 radical (unpaired) electrons. The molecular formula is C13H16BrN3O. The molecule has 0 aromatic carbocycles. The number of hydrogen-bond acceptors (Lipinski definition) is 3. The van der Waals surface area contributed by atoms with E-state index in [2.05, 4.69) is 26.0 Å². The van der Waals surface area contributed by atoms with E-state index in [9.17, 15) is 5.11 Å². The third-order valence-electron chi connectivity index (χ3n) is 2.95. The molecule has 0 saturated heterocycles. The molecule has 0 amide bonds. The number of pyridine rings is 1. The Labute approximate surface area is 115 Å². The highest BCUT2D eigenvalue weighted by Crippen LogP contribution is 2.23. The van der Waals surface area contributed by atoms with Crippen molar-refractivity contribution < 1.29 is 5.11 Å². The zero-order valence-electron chi connectivity index (χ0n) is 10.7. The Kier molecular flexibility index (Phi) is 3.82. The summed E-state index contributed by atoms with van der Waals surface area (Å²) in [5, 5.41) is 14.1. The van der Waals surface area contributed by atoms with Crippen LogP contribution >= 0.6 is 15.9 Å². The van der Waals surface area contributed by atoms with Crippen LogP contribution < -0.4 is 0 Å². The largest absolute Gasteiger partial charge is 0.387 e. The van der Waals surface area contributed by atoms with E-state index in [-0.39, 0.29) is 0 Å². The van der Waals surface area contributed by atoms with E-state index in [0.717, 1.165) is 21.5 Å². The maximum atomic E-state index is 9.70. The normalized spacial score (nSPS) is 12.7. The van der Waals surface area contributed by atoms with Gasteiger partial charge in [-0.15, -0.1) is 0 Å². The number of aryl methyl sites for hydroxylation is 1. The van der Waals surface area contributed by atoms with Gasteiger partial charge in [-0.2, -0.15) is 5.10 Å². The summed E-state index contributed by atoms with van der Waals surface area (Å²) in [6, 6.07) is 3.76. The first-order chi connectivity index (χ1) is 8.54. The van der Waals surface area contributed by atoms with Crippen molar-refractivity contribution in [2.24, 2.45) is 0 Å². The van der Waals surface area contributed by atoms with Crippen molar-refractivity contribution in [1.82, 2.24) is 14.8 Å². The van der Waals surface area contributed by atoms with E-state index in [4.69, 9.17) is 0 Å². The molecule has 0 spiro atoms. The van der Waals surface area contributed by atoms with Crippen LogP contribution in [0.4, 0.5) is 0 Å². The SMILES string of the molecule is CC[C@H](O)c1ccc(-n2nc(C)c(Br)c2C)cn1. The average molecular weight is 310 g/mol. The molecule has 1 atom stereocenters. The number of aromatic nitrogens is 3. The van der Waals surface area contributed by atoms with Crippen LogP contribution in [0.1, 0.15) is 36.5 Å². The second kappa shape index (κ2) is 5.20. The lowest BCUT2D eigenvalue weighted by Gasteiger charge is -2.08. The van der Waals surface area contributed by atoms with Crippen LogP contribution in [0.25, 0.3) is 5.69 Å². The quantitative estimate of drug-likeness (QED) is 0.948. The minimum Gasteiger partial charge on any atom is -0.387 e. The molecule has 4 nitrogen and oxygen atoms in total. The number of aliphatic hydroxyl groups is 1. The molecule has 0 aliphatic rings. The molecule has 1 N–H and O–H groups in total. The standard InChI is InChI=1S/C13H16BrN3O/c1-4-12(18)11-6-5-10(7-15-11)17-9(3)13(14)8(2)16-17/h5-7,12,18H,4H2,1-3H3/t12-/m0/s1. The summed E-state index contributed by atoms with van der Waals surface area (Å²) in [6.45, 7) is 5.88. The van der Waals surface area contributed by atoms with Crippen LogP contribution in [0.5, 0.6) is 0 Å². The van der Waals surface area contributed by atoms with Crippen molar-refractivity contribution in [2.45, 2.75) is 33.3 Å². The second-order valence-corrected chi connectivity index (χ2v) is 5.05. The van der Waals surface area contributed by atoms with Gasteiger partial charge in [-0.25, -0.2) is 4.68 Å². The fourth-order valence-electron chi connectivity index (χ4n) is 1.80. The van der Waals surface area contributed by atoms with Crippen molar-refractivity contribution in [3.63, 3.8) is 0 Å². The molecule has 0 unspecified atom stereocenters. The summed E-state index contributed by atoms with van der Waals surface area (Å²) in [4.78, 5) is 4.28. The highest BCUT2D eigenvalue weighted by molar-refractivity contribution is 9.10. The summed E-state index contributed by atoms with van der Waals surface area (Å²) < 4.78 is 2.86. The molecule has 0 saturated carbocycles. The number of halogens is 1. The van der Waals surface area contributed by atoms with Gasteiger partial charge < -0.3 is 5.11 Å². The predicted molar refractivity (Wildman–Crippen MR) is 73.8 cm³/mol. The van der Waals surface area contributed by atoms with E-state index in [0.29, 0.717) is 12.1 Å². The number of hydrogen-bond donors (Lipinski definition) is 1. The summed E-state index contributed by atoms with van der Waals surface area (Å²) in [7, 11) is 0. The average Bonchev–Trinajstić information content (AvgIpc) is 2.66. The lowest BCUT2D eigenvalue weighted by Crippen LogP contribution is -2.03. The van der Waals surface area contributed by atoms with Crippen LogP contribution in [0, 0.1) is 13.8 Å². The summed E-state index contributed by atoms with van der Waals surface area (Å²) in [5.41, 5.74) is 3.58. The Morgan fingerprint density at radius 1 is 1.39 bits per heavy atom. The van der Waals surface area contributed by atoms with Crippen molar-refractivity contribution in [3.05, 3.63) is 39.9 Å². The van der Waals surface area contributed by atoms with Crippen LogP contribution in [0.15, 0.2) is 22.8 Å². The second-order valence-electron chi connectivity index (χ2n) is 4.26. The minimum absolute atomic E-state index is 0.494. The molecule has 96 valence electrons. The Morgan fingerprint density at radius 2 is 2.11 bits per heavy atom. The molecule has 0 aliphatic carbocycles. The lowest BCUT2D eigenvalue weighted by atomic mass is 10.2. The molecule has 5 heteroatoms. The predicted octanol–water partition coefficient (Wildman–Crippen LogP) is 3.09. The molecule has 0 bridgehead atoms. The van der Waals surface area contributed by atoms with Crippen molar-refractivity contribution in [3.8, 4) is 5.69 Å². The highest BCUT2D eigenvalue weighted by atomic mass is 79.9. The van der Waals surface area contributed by atoms with Gasteiger partial charge in [0.15, 0.2) is 0 Å². The molecule has 0 aliphatic heterocycles. The van der Waals surface area contributed by atoms with E-state index in [1.807, 2.05) is 37.6 Å². The monoisotopic (exact) mass is 309 g/mol. The van der Waals surface area contributed by atoms with E-state index < -0.39 is 6.10 Å². The third kappa shape index (κ3) is 2.33. The van der Waals surface area contributed by atoms with Crippen LogP contribution in [0.3, 0.4) is 0 Å². The molecule has 2 aromatic heterocycles. The van der Waals surface area contributed by atoms with Crippen molar-refractivity contribution in [1.29, 1.82) is 0 Å². The Balaban J connectivity index is 2.37. The minimum atomic E-state index is -0.494. The van der Waals surface area contributed by atoms with Gasteiger partial charge in [0.1, 0.15) is 0 Å². The number of rotatable bonds is 3. The fraction of sp³-hybridized carbons (Fsp3) is 0.385. The van der Waals surface area contributed by atoms with Gasteiger partial charge in [0, 0.05) is 0 Å². The molecule has 2 rings (SSSR count). The van der Waals surface area contributed by atoms with Gasteiger partial charge in [-0.1, -0.05) is 6.92 Å². The van der Waals surface area contributed by atoms with E-state index >= 15 is 0 Å². The maximum Gasteiger partial charge on any atom is 0.0957 e. The molecule has 2 aromatic rings. The molecular weight excluding hydrogens is 294 g/mol. The molecule has 18 heavy (non-hydrogen) atoms. The highest BCUT2D eigenvalue weighted by Gasteiger charge is 2.11. The van der Waals surface area contributed by atoms with Crippen LogP contribution in [0.2, 0.25) is 0 Å². The topological polar surface area (TPSA) is 50.9 Å². The first kappa shape index (κ1) is 13.2.